The van der Waals surface area contributed by atoms with Crippen LogP contribution in [0.3, 0.4) is 0 Å². The zero-order chi connectivity index (χ0) is 22.7. The minimum absolute atomic E-state index is 0.0469. The number of hydrogen-bond donors (Lipinski definition) is 4. The van der Waals surface area contributed by atoms with Crippen LogP contribution in [-0.2, 0) is 15.0 Å². The van der Waals surface area contributed by atoms with Gasteiger partial charge in [0.05, 0.1) is 11.1 Å². The molecule has 3 aliphatic heterocycles. The van der Waals surface area contributed by atoms with Crippen LogP contribution in [-0.4, -0.2) is 43.5 Å². The standard InChI is InChI=1S/C23H23Cl2FN4O2/c1-27-20(31)19-17(13-3-2-4-15(25)18(13)26)23(22(30-19)7-9-28-10-8-22)14-6-5-12(24)11-16(14)29-21(23)32/h2-6,11,17,19,28,30H,7-10H2,1H3,(H,27,31)(H,29,32)/t17-,19+,23?/m0/s1. The number of nitrogens with one attached hydrogen (secondary N) is 4. The number of fused-ring (bicyclic) bond motifs is 3. The Hall–Kier alpha value is -2.19. The molecule has 3 atom stereocenters. The van der Waals surface area contributed by atoms with Crippen LogP contribution < -0.4 is 21.3 Å². The van der Waals surface area contributed by atoms with E-state index in [1.54, 1.807) is 24.3 Å². The Balaban J connectivity index is 1.85. The fourth-order valence-corrected chi connectivity index (χ4v) is 6.43. The van der Waals surface area contributed by atoms with E-state index < -0.39 is 28.7 Å². The molecule has 2 fully saturated rings. The van der Waals surface area contributed by atoms with Gasteiger partial charge in [0.15, 0.2) is 0 Å². The van der Waals surface area contributed by atoms with Crippen LogP contribution in [0.15, 0.2) is 36.4 Å². The molecule has 3 heterocycles. The lowest BCUT2D eigenvalue weighted by Crippen LogP contribution is -2.63. The smallest absolute Gasteiger partial charge is 0.237 e. The molecule has 2 amide bonds. The van der Waals surface area contributed by atoms with Gasteiger partial charge in [-0.3, -0.25) is 14.9 Å². The van der Waals surface area contributed by atoms with Crippen LogP contribution in [0.1, 0.15) is 29.9 Å². The van der Waals surface area contributed by atoms with Crippen LogP contribution in [0.5, 0.6) is 0 Å². The van der Waals surface area contributed by atoms with E-state index in [1.807, 2.05) is 6.07 Å². The van der Waals surface area contributed by atoms with Crippen molar-refractivity contribution < 1.29 is 14.0 Å². The highest BCUT2D eigenvalue weighted by molar-refractivity contribution is 6.31. The van der Waals surface area contributed by atoms with Crippen molar-refractivity contribution in [1.82, 2.24) is 16.0 Å². The Morgan fingerprint density at radius 3 is 2.66 bits per heavy atom. The van der Waals surface area contributed by atoms with E-state index in [1.165, 1.54) is 13.1 Å². The van der Waals surface area contributed by atoms with Crippen molar-refractivity contribution in [2.75, 3.05) is 25.5 Å². The van der Waals surface area contributed by atoms with E-state index in [-0.39, 0.29) is 22.4 Å². The Kier molecular flexibility index (Phi) is 5.21. The van der Waals surface area contributed by atoms with Gasteiger partial charge in [0.1, 0.15) is 11.2 Å². The topological polar surface area (TPSA) is 82.3 Å². The van der Waals surface area contributed by atoms with Gasteiger partial charge in [-0.1, -0.05) is 41.4 Å². The highest BCUT2D eigenvalue weighted by atomic mass is 35.5. The van der Waals surface area contributed by atoms with E-state index >= 15 is 4.39 Å². The first-order valence-electron chi connectivity index (χ1n) is 10.6. The molecule has 2 spiro atoms. The highest BCUT2D eigenvalue weighted by Gasteiger charge is 2.72. The van der Waals surface area contributed by atoms with Crippen LogP contribution >= 0.6 is 23.2 Å². The van der Waals surface area contributed by atoms with Gasteiger partial charge in [-0.05, 0) is 55.3 Å². The molecule has 0 radical (unpaired) electrons. The van der Waals surface area contributed by atoms with Gasteiger partial charge < -0.3 is 16.0 Å². The molecule has 6 nitrogen and oxygen atoms in total. The monoisotopic (exact) mass is 476 g/mol. The summed E-state index contributed by atoms with van der Waals surface area (Å²) >= 11 is 12.4. The first-order valence-corrected chi connectivity index (χ1v) is 11.4. The number of carbonyl (C=O) groups excluding carboxylic acids is 2. The molecular weight excluding hydrogens is 454 g/mol. The second-order valence-electron chi connectivity index (χ2n) is 8.64. The van der Waals surface area contributed by atoms with Gasteiger partial charge in [0.2, 0.25) is 11.8 Å². The highest BCUT2D eigenvalue weighted by Crippen LogP contribution is 2.61. The summed E-state index contributed by atoms with van der Waals surface area (Å²) in [6, 6.07) is 9.16. The fourth-order valence-electron chi connectivity index (χ4n) is 6.07. The number of piperidine rings is 1. The number of hydrogen-bond acceptors (Lipinski definition) is 4. The molecule has 0 aliphatic carbocycles. The average molecular weight is 477 g/mol. The lowest BCUT2D eigenvalue weighted by Gasteiger charge is -2.47. The second kappa shape index (κ2) is 7.70. The molecule has 4 N–H and O–H groups in total. The minimum atomic E-state index is -1.22. The molecule has 2 aromatic rings. The number of likely N-dealkylation sites (N-methyl/N-ethyl adjacent to an activating group) is 1. The summed E-state index contributed by atoms with van der Waals surface area (Å²) in [4.78, 5) is 27.1. The molecule has 0 saturated carbocycles. The van der Waals surface area contributed by atoms with Crippen LogP contribution in [0.25, 0.3) is 0 Å². The third kappa shape index (κ3) is 2.78. The Morgan fingerprint density at radius 1 is 1.19 bits per heavy atom. The summed E-state index contributed by atoms with van der Waals surface area (Å²) in [5.41, 5.74) is -0.438. The first-order chi connectivity index (χ1) is 15.4. The Bertz CT molecular complexity index is 1120. The SMILES string of the molecule is CNC(=O)[C@@H]1NC2(CCNCC2)C2(C(=O)Nc3cc(Cl)ccc32)[C@H]1c1cccc(Cl)c1F. The van der Waals surface area contributed by atoms with Crippen LogP contribution in [0, 0.1) is 5.82 Å². The summed E-state index contributed by atoms with van der Waals surface area (Å²) in [7, 11) is 1.54. The molecule has 168 valence electrons. The van der Waals surface area contributed by atoms with Crippen molar-refractivity contribution in [1.29, 1.82) is 0 Å². The minimum Gasteiger partial charge on any atom is -0.358 e. The molecule has 3 aliphatic rings. The van der Waals surface area contributed by atoms with E-state index in [0.717, 1.165) is 5.56 Å². The van der Waals surface area contributed by atoms with E-state index in [9.17, 15) is 9.59 Å². The van der Waals surface area contributed by atoms with Gasteiger partial charge in [-0.15, -0.1) is 0 Å². The Labute approximate surface area is 195 Å². The molecule has 0 bridgehead atoms. The summed E-state index contributed by atoms with van der Waals surface area (Å²) in [6.07, 6.45) is 1.18. The largest absolute Gasteiger partial charge is 0.358 e. The third-order valence-electron chi connectivity index (χ3n) is 7.30. The zero-order valence-corrected chi connectivity index (χ0v) is 18.9. The molecule has 5 rings (SSSR count). The molecule has 0 aromatic heterocycles. The number of benzene rings is 2. The summed E-state index contributed by atoms with van der Waals surface area (Å²) in [5.74, 6) is -2.00. The number of amides is 2. The quantitative estimate of drug-likeness (QED) is 0.536. The van der Waals surface area contributed by atoms with Crippen LogP contribution in [0.4, 0.5) is 10.1 Å². The molecule has 32 heavy (non-hydrogen) atoms. The molecule has 1 unspecified atom stereocenters. The van der Waals surface area contributed by atoms with Gasteiger partial charge >= 0.3 is 0 Å². The van der Waals surface area contributed by atoms with Crippen molar-refractivity contribution >= 4 is 40.7 Å². The van der Waals surface area contributed by atoms with Gasteiger partial charge in [0.25, 0.3) is 0 Å². The lowest BCUT2D eigenvalue weighted by molar-refractivity contribution is -0.124. The normalized spacial score (nSPS) is 28.1. The molecule has 2 aromatic carbocycles. The maximum absolute atomic E-state index is 15.5. The van der Waals surface area contributed by atoms with Gasteiger partial charge in [-0.25, -0.2) is 4.39 Å². The maximum atomic E-state index is 15.5. The van der Waals surface area contributed by atoms with Crippen molar-refractivity contribution in [3.8, 4) is 0 Å². The predicted octanol–water partition coefficient (Wildman–Crippen LogP) is 2.95. The van der Waals surface area contributed by atoms with Gasteiger partial charge in [0, 0.05) is 29.2 Å². The Morgan fingerprint density at radius 2 is 1.94 bits per heavy atom. The first kappa shape index (κ1) is 21.6. The van der Waals surface area contributed by atoms with E-state index in [2.05, 4.69) is 21.3 Å². The van der Waals surface area contributed by atoms with Crippen molar-refractivity contribution in [3.05, 3.63) is 63.4 Å². The zero-order valence-electron chi connectivity index (χ0n) is 17.4. The average Bonchev–Trinajstić information content (AvgIpc) is 3.23. The second-order valence-corrected chi connectivity index (χ2v) is 9.48. The third-order valence-corrected chi connectivity index (χ3v) is 7.83. The molecular formula is C23H23Cl2FN4O2. The fraction of sp³-hybridized carbons (Fsp3) is 0.391. The summed E-state index contributed by atoms with van der Waals surface area (Å²) in [6.45, 7) is 1.33. The molecule has 2 saturated heterocycles. The van der Waals surface area contributed by atoms with Crippen molar-refractivity contribution in [3.63, 3.8) is 0 Å². The van der Waals surface area contributed by atoms with E-state index in [0.29, 0.717) is 36.6 Å². The number of rotatable bonds is 2. The maximum Gasteiger partial charge on any atom is 0.237 e. The van der Waals surface area contributed by atoms with Gasteiger partial charge in [-0.2, -0.15) is 0 Å². The van der Waals surface area contributed by atoms with Crippen LogP contribution in [0.2, 0.25) is 10.0 Å². The number of anilines is 1. The predicted molar refractivity (Wildman–Crippen MR) is 122 cm³/mol. The van der Waals surface area contributed by atoms with E-state index in [4.69, 9.17) is 23.2 Å². The number of carbonyl (C=O) groups is 2. The summed E-state index contributed by atoms with van der Waals surface area (Å²) in [5, 5.41) is 13.0. The summed E-state index contributed by atoms with van der Waals surface area (Å²) < 4.78 is 15.5. The van der Waals surface area contributed by atoms with Crippen molar-refractivity contribution in [2.24, 2.45) is 0 Å². The van der Waals surface area contributed by atoms with Crippen molar-refractivity contribution in [2.45, 2.75) is 35.8 Å². The molecule has 9 heteroatoms. The number of halogens is 3. The lowest BCUT2D eigenvalue weighted by atomic mass is 9.56.